The second-order valence-electron chi connectivity index (χ2n) is 7.73. The molecule has 130 valence electrons. The molecule has 3 aliphatic rings. The molecule has 4 heteroatoms. The number of rotatable bonds is 4. The maximum Gasteiger partial charge on any atom is 0.304 e. The fraction of sp³-hybridized carbons (Fsp3) is 0.650. The highest BCUT2D eigenvalue weighted by molar-refractivity contribution is 5.66. The van der Waals surface area contributed by atoms with Crippen molar-refractivity contribution in [1.29, 1.82) is 0 Å². The standard InChI is InChI=1S/C20H27NO3/c1-24-15-6-5-14-12-18-16-4-2-3-8-20(16,17(14)13-15)9-11-21(18)10-7-19(22)23/h5-6,13,16,18H,2-4,7-12H2,1H3,(H,22,23)/t16-,18+,20+/m0/s1. The molecular formula is C20H27NO3. The van der Waals surface area contributed by atoms with Crippen molar-refractivity contribution in [3.8, 4) is 5.75 Å². The first-order chi connectivity index (χ1) is 11.6. The van der Waals surface area contributed by atoms with E-state index in [1.807, 2.05) is 0 Å². The van der Waals surface area contributed by atoms with Gasteiger partial charge in [0.25, 0.3) is 0 Å². The number of carboxylic acids is 1. The maximum absolute atomic E-state index is 11.0. The van der Waals surface area contributed by atoms with Gasteiger partial charge in [-0.05, 0) is 61.4 Å². The second-order valence-corrected chi connectivity index (χ2v) is 7.73. The number of ether oxygens (including phenoxy) is 1. The minimum Gasteiger partial charge on any atom is -0.497 e. The number of hydrogen-bond acceptors (Lipinski definition) is 3. The van der Waals surface area contributed by atoms with Crippen LogP contribution in [0.1, 0.15) is 49.7 Å². The van der Waals surface area contributed by atoms with E-state index in [0.717, 1.165) is 25.1 Å². The first kappa shape index (κ1) is 15.9. The van der Waals surface area contributed by atoms with E-state index in [1.165, 1.54) is 36.8 Å². The summed E-state index contributed by atoms with van der Waals surface area (Å²) in [4.78, 5) is 13.5. The number of hydrogen-bond donors (Lipinski definition) is 1. The van der Waals surface area contributed by atoms with Crippen LogP contribution in [-0.2, 0) is 16.6 Å². The van der Waals surface area contributed by atoms with E-state index in [0.29, 0.717) is 23.9 Å². The molecule has 24 heavy (non-hydrogen) atoms. The van der Waals surface area contributed by atoms with Gasteiger partial charge < -0.3 is 9.84 Å². The van der Waals surface area contributed by atoms with Gasteiger partial charge in [0, 0.05) is 18.0 Å². The van der Waals surface area contributed by atoms with E-state index < -0.39 is 5.97 Å². The molecule has 4 rings (SSSR count). The summed E-state index contributed by atoms with van der Waals surface area (Å²) >= 11 is 0. The number of carbonyl (C=O) groups is 1. The lowest BCUT2D eigenvalue weighted by molar-refractivity contribution is -0.138. The maximum atomic E-state index is 11.0. The van der Waals surface area contributed by atoms with Gasteiger partial charge in [-0.25, -0.2) is 0 Å². The van der Waals surface area contributed by atoms with E-state index in [1.54, 1.807) is 7.11 Å². The molecule has 1 saturated carbocycles. The van der Waals surface area contributed by atoms with Crippen molar-refractivity contribution < 1.29 is 14.6 Å². The van der Waals surface area contributed by atoms with Crippen LogP contribution in [0.5, 0.6) is 5.75 Å². The molecule has 0 unspecified atom stereocenters. The molecule has 3 atom stereocenters. The van der Waals surface area contributed by atoms with Crippen LogP contribution in [0.15, 0.2) is 18.2 Å². The van der Waals surface area contributed by atoms with Gasteiger partial charge >= 0.3 is 5.97 Å². The van der Waals surface area contributed by atoms with E-state index in [9.17, 15) is 4.79 Å². The number of likely N-dealkylation sites (tertiary alicyclic amines) is 1. The van der Waals surface area contributed by atoms with Crippen LogP contribution in [0, 0.1) is 5.92 Å². The van der Waals surface area contributed by atoms with Crippen LogP contribution in [0.2, 0.25) is 0 Å². The van der Waals surface area contributed by atoms with Crippen LogP contribution in [0.4, 0.5) is 0 Å². The van der Waals surface area contributed by atoms with Crippen LogP contribution < -0.4 is 4.74 Å². The Morgan fingerprint density at radius 1 is 1.38 bits per heavy atom. The molecule has 0 aromatic heterocycles. The lowest BCUT2D eigenvalue weighted by atomic mass is 9.52. The Balaban J connectivity index is 1.72. The number of carboxylic acid groups (broad SMARTS) is 1. The van der Waals surface area contributed by atoms with Gasteiger partial charge in [0.1, 0.15) is 5.75 Å². The zero-order valence-electron chi connectivity index (χ0n) is 14.5. The number of benzene rings is 1. The number of fused-ring (bicyclic) bond motifs is 1. The predicted octanol–water partition coefficient (Wildman–Crippen LogP) is 3.23. The highest BCUT2D eigenvalue weighted by Crippen LogP contribution is 2.56. The lowest BCUT2D eigenvalue weighted by Crippen LogP contribution is -2.61. The SMILES string of the molecule is COc1ccc2c(c1)[C@@]13CCCC[C@H]1[C@@H](C2)N(CCC(=O)O)CC3. The normalized spacial score (nSPS) is 31.9. The summed E-state index contributed by atoms with van der Waals surface area (Å²) in [6, 6.07) is 7.13. The molecule has 1 aromatic rings. The van der Waals surface area contributed by atoms with Gasteiger partial charge in [-0.3, -0.25) is 9.69 Å². The number of methoxy groups -OCH3 is 1. The average Bonchev–Trinajstić information content (AvgIpc) is 2.60. The number of aliphatic carboxylic acids is 1. The van der Waals surface area contributed by atoms with Crippen LogP contribution >= 0.6 is 0 Å². The third-order valence-corrected chi connectivity index (χ3v) is 6.77. The Kier molecular flexibility index (Phi) is 4.03. The second kappa shape index (κ2) is 6.07. The van der Waals surface area contributed by atoms with Crippen molar-refractivity contribution in [3.63, 3.8) is 0 Å². The third kappa shape index (κ3) is 2.43. The minimum atomic E-state index is -0.684. The number of nitrogens with zero attached hydrogens (tertiary/aromatic N) is 1. The Morgan fingerprint density at radius 3 is 3.04 bits per heavy atom. The number of piperidine rings is 1. The molecule has 1 saturated heterocycles. The summed E-state index contributed by atoms with van der Waals surface area (Å²) in [5.41, 5.74) is 3.28. The summed E-state index contributed by atoms with van der Waals surface area (Å²) in [7, 11) is 1.75. The minimum absolute atomic E-state index is 0.256. The van der Waals surface area contributed by atoms with Crippen molar-refractivity contribution in [1.82, 2.24) is 4.90 Å². The molecule has 0 spiro atoms. The topological polar surface area (TPSA) is 49.8 Å². The van der Waals surface area contributed by atoms with Crippen LogP contribution in [0.25, 0.3) is 0 Å². The van der Waals surface area contributed by atoms with Gasteiger partial charge in [0.05, 0.1) is 13.5 Å². The molecule has 2 aliphatic carbocycles. The Bertz CT molecular complexity index is 644. The Labute approximate surface area is 143 Å². The zero-order chi connectivity index (χ0) is 16.7. The molecule has 0 radical (unpaired) electrons. The van der Waals surface area contributed by atoms with E-state index in [4.69, 9.17) is 9.84 Å². The van der Waals surface area contributed by atoms with Crippen LogP contribution in [-0.4, -0.2) is 42.2 Å². The van der Waals surface area contributed by atoms with E-state index >= 15 is 0 Å². The summed E-state index contributed by atoms with van der Waals surface area (Å²) < 4.78 is 5.50. The lowest BCUT2D eigenvalue weighted by Gasteiger charge is -2.59. The first-order valence-corrected chi connectivity index (χ1v) is 9.27. The molecule has 1 N–H and O–H groups in total. The molecule has 2 bridgehead atoms. The molecule has 0 amide bonds. The van der Waals surface area contributed by atoms with E-state index in [2.05, 4.69) is 23.1 Å². The molecule has 1 heterocycles. The fourth-order valence-corrected chi connectivity index (χ4v) is 5.71. The first-order valence-electron chi connectivity index (χ1n) is 9.27. The van der Waals surface area contributed by atoms with Crippen molar-refractivity contribution in [2.75, 3.05) is 20.2 Å². The van der Waals surface area contributed by atoms with Gasteiger partial charge in [-0.15, -0.1) is 0 Å². The Hall–Kier alpha value is -1.55. The van der Waals surface area contributed by atoms with Crippen molar-refractivity contribution in [2.24, 2.45) is 5.92 Å². The van der Waals surface area contributed by atoms with Gasteiger partial charge in [0.15, 0.2) is 0 Å². The fourth-order valence-electron chi connectivity index (χ4n) is 5.71. The summed E-state index contributed by atoms with van der Waals surface area (Å²) in [5, 5.41) is 9.08. The monoisotopic (exact) mass is 329 g/mol. The largest absolute Gasteiger partial charge is 0.497 e. The van der Waals surface area contributed by atoms with Crippen molar-refractivity contribution >= 4 is 5.97 Å². The van der Waals surface area contributed by atoms with Gasteiger partial charge in [-0.1, -0.05) is 18.9 Å². The highest BCUT2D eigenvalue weighted by Gasteiger charge is 2.53. The average molecular weight is 329 g/mol. The van der Waals surface area contributed by atoms with Gasteiger partial charge in [-0.2, -0.15) is 0 Å². The summed E-state index contributed by atoms with van der Waals surface area (Å²) in [6.07, 6.45) is 7.67. The van der Waals surface area contributed by atoms with Crippen molar-refractivity contribution in [2.45, 2.75) is 56.4 Å². The van der Waals surface area contributed by atoms with E-state index in [-0.39, 0.29) is 6.42 Å². The molecule has 2 fully saturated rings. The molecule has 1 aromatic carbocycles. The highest BCUT2D eigenvalue weighted by atomic mass is 16.5. The Morgan fingerprint density at radius 2 is 2.25 bits per heavy atom. The zero-order valence-corrected chi connectivity index (χ0v) is 14.5. The summed E-state index contributed by atoms with van der Waals surface area (Å²) in [6.45, 7) is 1.73. The van der Waals surface area contributed by atoms with Crippen molar-refractivity contribution in [3.05, 3.63) is 29.3 Å². The molecule has 4 nitrogen and oxygen atoms in total. The molecule has 1 aliphatic heterocycles. The molecular weight excluding hydrogens is 302 g/mol. The quantitative estimate of drug-likeness (QED) is 0.921. The predicted molar refractivity (Wildman–Crippen MR) is 92.6 cm³/mol. The third-order valence-electron chi connectivity index (χ3n) is 6.77. The smallest absolute Gasteiger partial charge is 0.304 e. The van der Waals surface area contributed by atoms with Crippen LogP contribution in [0.3, 0.4) is 0 Å². The van der Waals surface area contributed by atoms with Gasteiger partial charge in [0.2, 0.25) is 0 Å². The summed E-state index contributed by atoms with van der Waals surface area (Å²) in [5.74, 6) is 0.962.